The molecule has 0 atom stereocenters. The van der Waals surface area contributed by atoms with Gasteiger partial charge in [0.05, 0.1) is 12.7 Å². The van der Waals surface area contributed by atoms with E-state index in [1.165, 1.54) is 0 Å². The molecule has 0 aromatic heterocycles. The first-order valence-corrected chi connectivity index (χ1v) is 4.29. The molecule has 0 saturated carbocycles. The molecule has 1 amide bonds. The molecule has 0 fully saturated rings. The molecular formula is C8H17NO3. The highest BCUT2D eigenvalue weighted by atomic mass is 16.5. The van der Waals surface area contributed by atoms with Gasteiger partial charge in [0, 0.05) is 6.54 Å². The number of carbonyl (C=O) groups is 1. The Labute approximate surface area is 72.9 Å². The summed E-state index contributed by atoms with van der Waals surface area (Å²) in [7, 11) is 0. The summed E-state index contributed by atoms with van der Waals surface area (Å²) >= 11 is 0. The minimum Gasteiger partial charge on any atom is -0.465 e. The first-order chi connectivity index (χ1) is 5.70. The van der Waals surface area contributed by atoms with E-state index in [1.807, 2.05) is 0 Å². The van der Waals surface area contributed by atoms with Gasteiger partial charge in [0.1, 0.15) is 0 Å². The molecule has 12 heavy (non-hydrogen) atoms. The van der Waals surface area contributed by atoms with Crippen LogP contribution in [0.1, 0.15) is 26.7 Å². The highest BCUT2D eigenvalue weighted by molar-refractivity contribution is 5.64. The topological polar surface area (TPSA) is 58.6 Å². The van der Waals surface area contributed by atoms with Crippen LogP contribution in [-0.2, 0) is 4.74 Å². The lowest BCUT2D eigenvalue weighted by Gasteiger charge is -2.13. The van der Waals surface area contributed by atoms with E-state index in [4.69, 9.17) is 9.84 Å². The Morgan fingerprint density at radius 2 is 2.08 bits per heavy atom. The maximum atomic E-state index is 10.0. The van der Waals surface area contributed by atoms with Crippen molar-refractivity contribution in [2.75, 3.05) is 13.2 Å². The molecule has 0 rings (SSSR count). The average molecular weight is 175 g/mol. The SMILES string of the molecule is CCC(CC)OCCNC(=O)O. The predicted octanol–water partition coefficient (Wildman–Crippen LogP) is 1.46. The van der Waals surface area contributed by atoms with Gasteiger partial charge in [0.25, 0.3) is 0 Å². The lowest BCUT2D eigenvalue weighted by Crippen LogP contribution is -2.26. The lowest BCUT2D eigenvalue weighted by molar-refractivity contribution is 0.0502. The molecule has 0 heterocycles. The predicted molar refractivity (Wildman–Crippen MR) is 46.3 cm³/mol. The summed E-state index contributed by atoms with van der Waals surface area (Å²) in [6.45, 7) is 4.93. The average Bonchev–Trinajstić information content (AvgIpc) is 2.04. The van der Waals surface area contributed by atoms with Gasteiger partial charge in [-0.3, -0.25) is 0 Å². The number of amides is 1. The first-order valence-electron chi connectivity index (χ1n) is 4.29. The van der Waals surface area contributed by atoms with Gasteiger partial charge in [0.2, 0.25) is 0 Å². The Morgan fingerprint density at radius 1 is 1.50 bits per heavy atom. The van der Waals surface area contributed by atoms with Crippen molar-refractivity contribution in [3.8, 4) is 0 Å². The summed E-state index contributed by atoms with van der Waals surface area (Å²) in [6.07, 6.45) is 1.22. The maximum absolute atomic E-state index is 10.0. The van der Waals surface area contributed by atoms with E-state index in [1.54, 1.807) is 0 Å². The Kier molecular flexibility index (Phi) is 6.47. The van der Waals surface area contributed by atoms with Crippen LogP contribution in [0.15, 0.2) is 0 Å². The van der Waals surface area contributed by atoms with Crippen LogP contribution < -0.4 is 5.32 Å². The second kappa shape index (κ2) is 6.91. The van der Waals surface area contributed by atoms with E-state index >= 15 is 0 Å². The zero-order chi connectivity index (χ0) is 9.40. The quantitative estimate of drug-likeness (QED) is 0.601. The molecule has 4 heteroatoms. The lowest BCUT2D eigenvalue weighted by atomic mass is 10.2. The normalized spacial score (nSPS) is 10.2. The van der Waals surface area contributed by atoms with Crippen LogP contribution in [-0.4, -0.2) is 30.5 Å². The molecule has 0 aromatic carbocycles. The van der Waals surface area contributed by atoms with E-state index < -0.39 is 6.09 Å². The zero-order valence-electron chi connectivity index (χ0n) is 7.67. The van der Waals surface area contributed by atoms with Crippen molar-refractivity contribution in [3.05, 3.63) is 0 Å². The summed E-state index contributed by atoms with van der Waals surface area (Å²) in [4.78, 5) is 10.0. The van der Waals surface area contributed by atoms with Gasteiger partial charge in [-0.25, -0.2) is 4.79 Å². The molecule has 0 aliphatic carbocycles. The highest BCUT2D eigenvalue weighted by Gasteiger charge is 2.02. The molecule has 0 saturated heterocycles. The van der Waals surface area contributed by atoms with Crippen LogP contribution >= 0.6 is 0 Å². The van der Waals surface area contributed by atoms with Crippen molar-refractivity contribution >= 4 is 6.09 Å². The number of carboxylic acid groups (broad SMARTS) is 1. The molecule has 0 bridgehead atoms. The van der Waals surface area contributed by atoms with Gasteiger partial charge < -0.3 is 15.2 Å². The Balaban J connectivity index is 3.23. The molecule has 0 spiro atoms. The number of hydrogen-bond donors (Lipinski definition) is 2. The fourth-order valence-corrected chi connectivity index (χ4v) is 0.908. The number of hydrogen-bond acceptors (Lipinski definition) is 2. The van der Waals surface area contributed by atoms with Crippen molar-refractivity contribution in [2.45, 2.75) is 32.8 Å². The molecule has 0 aliphatic heterocycles. The zero-order valence-corrected chi connectivity index (χ0v) is 7.67. The molecule has 0 aliphatic rings. The van der Waals surface area contributed by atoms with Gasteiger partial charge in [-0.1, -0.05) is 13.8 Å². The summed E-state index contributed by atoms with van der Waals surface area (Å²) in [5.41, 5.74) is 0. The van der Waals surface area contributed by atoms with Crippen molar-refractivity contribution in [1.82, 2.24) is 5.32 Å². The minimum atomic E-state index is -0.997. The summed E-state index contributed by atoms with van der Waals surface area (Å²) in [6, 6.07) is 0. The van der Waals surface area contributed by atoms with Gasteiger partial charge >= 0.3 is 6.09 Å². The highest BCUT2D eigenvalue weighted by Crippen LogP contribution is 2.01. The minimum absolute atomic E-state index is 0.264. The van der Waals surface area contributed by atoms with Crippen molar-refractivity contribution in [3.63, 3.8) is 0 Å². The van der Waals surface area contributed by atoms with Crippen LogP contribution in [0.4, 0.5) is 4.79 Å². The maximum Gasteiger partial charge on any atom is 0.404 e. The van der Waals surface area contributed by atoms with Gasteiger partial charge in [-0.2, -0.15) is 0 Å². The third-order valence-electron chi connectivity index (χ3n) is 1.64. The molecule has 4 nitrogen and oxygen atoms in total. The summed E-state index contributed by atoms with van der Waals surface area (Å²) < 4.78 is 5.36. The van der Waals surface area contributed by atoms with Crippen LogP contribution in [0.3, 0.4) is 0 Å². The summed E-state index contributed by atoms with van der Waals surface area (Å²) in [5, 5.41) is 10.5. The van der Waals surface area contributed by atoms with Gasteiger partial charge in [-0.05, 0) is 12.8 Å². The molecular weight excluding hydrogens is 158 g/mol. The van der Waals surface area contributed by atoms with E-state index in [-0.39, 0.29) is 6.10 Å². The largest absolute Gasteiger partial charge is 0.465 e. The summed E-state index contributed by atoms with van der Waals surface area (Å²) in [5.74, 6) is 0. The third-order valence-corrected chi connectivity index (χ3v) is 1.64. The molecule has 0 unspecified atom stereocenters. The molecule has 0 radical (unpaired) electrons. The number of ether oxygens (including phenoxy) is 1. The van der Waals surface area contributed by atoms with E-state index in [9.17, 15) is 4.79 Å². The van der Waals surface area contributed by atoms with E-state index in [0.29, 0.717) is 13.2 Å². The second-order valence-corrected chi connectivity index (χ2v) is 2.54. The van der Waals surface area contributed by atoms with Crippen LogP contribution in [0, 0.1) is 0 Å². The van der Waals surface area contributed by atoms with Crippen LogP contribution in [0.2, 0.25) is 0 Å². The number of nitrogens with one attached hydrogen (secondary N) is 1. The molecule has 0 aromatic rings. The fourth-order valence-electron chi connectivity index (χ4n) is 0.908. The van der Waals surface area contributed by atoms with Gasteiger partial charge in [-0.15, -0.1) is 0 Å². The number of rotatable bonds is 6. The molecule has 2 N–H and O–H groups in total. The van der Waals surface area contributed by atoms with Crippen molar-refractivity contribution in [2.24, 2.45) is 0 Å². The first kappa shape index (κ1) is 11.2. The van der Waals surface area contributed by atoms with Crippen LogP contribution in [0.5, 0.6) is 0 Å². The van der Waals surface area contributed by atoms with Gasteiger partial charge in [0.15, 0.2) is 0 Å². The fraction of sp³-hybridized carbons (Fsp3) is 0.875. The smallest absolute Gasteiger partial charge is 0.404 e. The van der Waals surface area contributed by atoms with Crippen molar-refractivity contribution < 1.29 is 14.6 Å². The second-order valence-electron chi connectivity index (χ2n) is 2.54. The standard InChI is InChI=1S/C8H17NO3/c1-3-7(4-2)12-6-5-9-8(10)11/h7,9H,3-6H2,1-2H3,(H,10,11). The molecule has 72 valence electrons. The Morgan fingerprint density at radius 3 is 2.50 bits per heavy atom. The Bertz CT molecular complexity index is 123. The van der Waals surface area contributed by atoms with Crippen molar-refractivity contribution in [1.29, 1.82) is 0 Å². The Hall–Kier alpha value is -0.770. The van der Waals surface area contributed by atoms with E-state index in [0.717, 1.165) is 12.8 Å². The van der Waals surface area contributed by atoms with E-state index in [2.05, 4.69) is 19.2 Å². The van der Waals surface area contributed by atoms with Crippen LogP contribution in [0.25, 0.3) is 0 Å². The third kappa shape index (κ3) is 5.97. The monoisotopic (exact) mass is 175 g/mol.